The fourth-order valence-electron chi connectivity index (χ4n) is 2.68. The molecule has 0 saturated heterocycles. The maximum atomic E-state index is 12.9. The number of hydrogen-bond acceptors (Lipinski definition) is 7. The van der Waals surface area contributed by atoms with Crippen LogP contribution in [0.5, 0.6) is 0 Å². The minimum absolute atomic E-state index is 0.219. The molecule has 0 aliphatic carbocycles. The molecule has 8 heteroatoms. The number of dihydropyridines is 1. The van der Waals surface area contributed by atoms with Crippen LogP contribution in [0.1, 0.15) is 16.2 Å². The SMILES string of the molecule is O=C(NC1NC(c2ccco2)=C(C(=O)c2ccccn2)S1)C1=CCNC=C1. The van der Waals surface area contributed by atoms with Gasteiger partial charge in [-0.15, -0.1) is 0 Å². The first-order valence-electron chi connectivity index (χ1n) is 8.30. The van der Waals surface area contributed by atoms with Gasteiger partial charge in [0, 0.05) is 18.3 Å². The van der Waals surface area contributed by atoms with Crippen LogP contribution in [0.25, 0.3) is 5.70 Å². The Balaban J connectivity index is 1.56. The van der Waals surface area contributed by atoms with Gasteiger partial charge in [0.2, 0.25) is 5.78 Å². The normalized spacial score (nSPS) is 18.5. The lowest BCUT2D eigenvalue weighted by atomic mass is 10.2. The third kappa shape index (κ3) is 3.65. The van der Waals surface area contributed by atoms with Gasteiger partial charge in [0.15, 0.2) is 11.3 Å². The van der Waals surface area contributed by atoms with Gasteiger partial charge in [-0.25, -0.2) is 0 Å². The number of furan rings is 1. The minimum Gasteiger partial charge on any atom is -0.463 e. The summed E-state index contributed by atoms with van der Waals surface area (Å²) in [5.41, 5.74) is 0.951. The van der Waals surface area contributed by atoms with Crippen molar-refractivity contribution in [1.82, 2.24) is 20.9 Å². The fourth-order valence-corrected chi connectivity index (χ4v) is 3.74. The molecule has 3 N–H and O–H groups in total. The first-order chi connectivity index (χ1) is 13.2. The third-order valence-electron chi connectivity index (χ3n) is 3.95. The van der Waals surface area contributed by atoms with E-state index in [-0.39, 0.29) is 11.7 Å². The molecule has 27 heavy (non-hydrogen) atoms. The van der Waals surface area contributed by atoms with Gasteiger partial charge in [0.05, 0.1) is 16.9 Å². The van der Waals surface area contributed by atoms with Gasteiger partial charge in [-0.2, -0.15) is 0 Å². The van der Waals surface area contributed by atoms with E-state index in [1.54, 1.807) is 54.9 Å². The summed E-state index contributed by atoms with van der Waals surface area (Å²) in [4.78, 5) is 29.9. The molecule has 1 atom stereocenters. The van der Waals surface area contributed by atoms with Crippen LogP contribution >= 0.6 is 11.8 Å². The number of carbonyl (C=O) groups is 2. The van der Waals surface area contributed by atoms with Gasteiger partial charge in [0.25, 0.3) is 5.91 Å². The molecule has 136 valence electrons. The van der Waals surface area contributed by atoms with Crippen molar-refractivity contribution in [1.29, 1.82) is 0 Å². The van der Waals surface area contributed by atoms with Crippen molar-refractivity contribution in [2.75, 3.05) is 6.54 Å². The first kappa shape index (κ1) is 17.2. The van der Waals surface area contributed by atoms with Crippen LogP contribution in [-0.2, 0) is 4.79 Å². The summed E-state index contributed by atoms with van der Waals surface area (Å²) in [6.07, 6.45) is 8.35. The van der Waals surface area contributed by atoms with Crippen LogP contribution in [0.3, 0.4) is 0 Å². The third-order valence-corrected chi connectivity index (χ3v) is 5.05. The van der Waals surface area contributed by atoms with E-state index >= 15 is 0 Å². The minimum atomic E-state index is -0.496. The van der Waals surface area contributed by atoms with Crippen LogP contribution in [0.4, 0.5) is 0 Å². The molecule has 0 bridgehead atoms. The molecule has 2 aliphatic heterocycles. The zero-order chi connectivity index (χ0) is 18.6. The highest BCUT2D eigenvalue weighted by molar-refractivity contribution is 8.05. The number of hydrogen-bond donors (Lipinski definition) is 3. The Hall–Kier alpha value is -3.26. The molecule has 1 amide bonds. The number of ketones is 1. The fraction of sp³-hybridized carbons (Fsp3) is 0.105. The molecular weight excluding hydrogens is 364 g/mol. The lowest BCUT2D eigenvalue weighted by molar-refractivity contribution is -0.117. The molecular formula is C19H16N4O3S. The quantitative estimate of drug-likeness (QED) is 0.683. The number of nitrogens with zero attached hydrogens (tertiary/aromatic N) is 1. The second-order valence-corrected chi connectivity index (χ2v) is 6.86. The van der Waals surface area contributed by atoms with E-state index < -0.39 is 5.50 Å². The van der Waals surface area contributed by atoms with Crippen LogP contribution in [0.2, 0.25) is 0 Å². The van der Waals surface area contributed by atoms with Crippen molar-refractivity contribution in [3.05, 3.63) is 83.1 Å². The maximum Gasteiger partial charge on any atom is 0.253 e. The Labute approximate surface area is 159 Å². The van der Waals surface area contributed by atoms with Crippen molar-refractivity contribution in [2.45, 2.75) is 5.50 Å². The summed E-state index contributed by atoms with van der Waals surface area (Å²) in [5.74, 6) is 0.0832. The highest BCUT2D eigenvalue weighted by Crippen LogP contribution is 2.36. The molecule has 2 aliphatic rings. The predicted molar refractivity (Wildman–Crippen MR) is 102 cm³/mol. The molecule has 1 unspecified atom stereocenters. The number of rotatable bonds is 5. The van der Waals surface area contributed by atoms with Gasteiger partial charge in [-0.05, 0) is 36.5 Å². The monoisotopic (exact) mass is 380 g/mol. The van der Waals surface area contributed by atoms with E-state index in [9.17, 15) is 9.59 Å². The number of thioether (sulfide) groups is 1. The Morgan fingerprint density at radius 2 is 2.19 bits per heavy atom. The number of pyridine rings is 1. The molecule has 2 aromatic rings. The van der Waals surface area contributed by atoms with Gasteiger partial charge in [-0.3, -0.25) is 14.6 Å². The largest absolute Gasteiger partial charge is 0.463 e. The van der Waals surface area contributed by atoms with Crippen molar-refractivity contribution >= 4 is 29.1 Å². The summed E-state index contributed by atoms with van der Waals surface area (Å²) in [6, 6.07) is 8.68. The van der Waals surface area contributed by atoms with E-state index in [0.29, 0.717) is 34.2 Å². The Morgan fingerprint density at radius 1 is 1.26 bits per heavy atom. The number of Topliss-reactive ketones (excluding diaryl/α,β-unsaturated/α-hetero) is 1. The van der Waals surface area contributed by atoms with Gasteiger partial charge < -0.3 is 20.4 Å². The summed E-state index contributed by atoms with van der Waals surface area (Å²) in [7, 11) is 0. The zero-order valence-electron chi connectivity index (χ0n) is 14.1. The smallest absolute Gasteiger partial charge is 0.253 e. The van der Waals surface area contributed by atoms with E-state index in [4.69, 9.17) is 4.42 Å². The predicted octanol–water partition coefficient (Wildman–Crippen LogP) is 2.01. The van der Waals surface area contributed by atoms with E-state index in [0.717, 1.165) is 0 Å². The van der Waals surface area contributed by atoms with E-state index in [1.165, 1.54) is 18.0 Å². The molecule has 4 heterocycles. The number of amides is 1. The number of allylic oxidation sites excluding steroid dienone is 1. The lowest BCUT2D eigenvalue weighted by Gasteiger charge is -2.15. The van der Waals surface area contributed by atoms with Crippen LogP contribution in [0.15, 0.2) is 76.0 Å². The average molecular weight is 380 g/mol. The lowest BCUT2D eigenvalue weighted by Crippen LogP contribution is -2.40. The summed E-state index contributed by atoms with van der Waals surface area (Å²) < 4.78 is 5.45. The molecule has 4 rings (SSSR count). The van der Waals surface area contributed by atoms with Crippen molar-refractivity contribution in [3.63, 3.8) is 0 Å². The molecule has 0 spiro atoms. The highest BCUT2D eigenvalue weighted by Gasteiger charge is 2.33. The van der Waals surface area contributed by atoms with Crippen LogP contribution in [0, 0.1) is 0 Å². The topological polar surface area (TPSA) is 96.3 Å². The van der Waals surface area contributed by atoms with Crippen molar-refractivity contribution < 1.29 is 14.0 Å². The van der Waals surface area contributed by atoms with Gasteiger partial charge in [-0.1, -0.05) is 23.9 Å². The van der Waals surface area contributed by atoms with E-state index in [2.05, 4.69) is 20.9 Å². The summed E-state index contributed by atoms with van der Waals surface area (Å²) in [6.45, 7) is 0.601. The van der Waals surface area contributed by atoms with E-state index in [1.807, 2.05) is 0 Å². The van der Waals surface area contributed by atoms with Crippen molar-refractivity contribution in [3.8, 4) is 0 Å². The summed E-state index contributed by atoms with van der Waals surface area (Å²) in [5, 5.41) is 9.05. The van der Waals surface area contributed by atoms with Crippen molar-refractivity contribution in [2.24, 2.45) is 0 Å². The molecule has 7 nitrogen and oxygen atoms in total. The summed E-state index contributed by atoms with van der Waals surface area (Å²) >= 11 is 1.23. The number of carbonyl (C=O) groups excluding carboxylic acids is 2. The van der Waals surface area contributed by atoms with Crippen LogP contribution in [-0.4, -0.2) is 28.7 Å². The molecule has 0 aromatic carbocycles. The Bertz CT molecular complexity index is 949. The average Bonchev–Trinajstić information content (AvgIpc) is 3.38. The second kappa shape index (κ2) is 7.55. The molecule has 0 fully saturated rings. The zero-order valence-corrected chi connectivity index (χ0v) is 15.0. The second-order valence-electron chi connectivity index (χ2n) is 5.74. The molecule has 2 aromatic heterocycles. The number of aromatic nitrogens is 1. The highest BCUT2D eigenvalue weighted by atomic mass is 32.2. The Morgan fingerprint density at radius 3 is 2.89 bits per heavy atom. The molecule has 0 saturated carbocycles. The Kier molecular flexibility index (Phi) is 4.80. The van der Waals surface area contributed by atoms with Crippen LogP contribution < -0.4 is 16.0 Å². The number of nitrogens with one attached hydrogen (secondary N) is 3. The van der Waals surface area contributed by atoms with Gasteiger partial charge in [0.1, 0.15) is 5.69 Å². The van der Waals surface area contributed by atoms with Gasteiger partial charge >= 0.3 is 0 Å². The standard InChI is InChI=1S/C19H16N4O3S/c24-16(13-4-1-2-8-21-13)17-15(14-5-3-11-26-14)22-19(27-17)23-18(25)12-6-9-20-10-7-12/h1-9,11,19-20,22H,10H2,(H,23,25). The molecule has 0 radical (unpaired) electrons. The first-order valence-corrected chi connectivity index (χ1v) is 9.18. The maximum absolute atomic E-state index is 12.9.